The van der Waals surface area contributed by atoms with Gasteiger partial charge in [-0.15, -0.1) is 0 Å². The van der Waals surface area contributed by atoms with Crippen LogP contribution in [0.15, 0.2) is 23.1 Å². The van der Waals surface area contributed by atoms with Gasteiger partial charge in [0.05, 0.1) is 10.6 Å². The summed E-state index contributed by atoms with van der Waals surface area (Å²) in [6.45, 7) is 1.50. The molecule has 2 saturated heterocycles. The van der Waals surface area contributed by atoms with Crippen LogP contribution < -0.4 is 10.2 Å². The monoisotopic (exact) mass is 335 g/mol. The number of hydrogen-bond acceptors (Lipinski definition) is 5. The second kappa shape index (κ2) is 6.33. The number of thioether (sulfide) groups is 1. The minimum Gasteiger partial charge on any atom is -0.367 e. The minimum atomic E-state index is -0.428. The van der Waals surface area contributed by atoms with Gasteiger partial charge in [-0.2, -0.15) is 0 Å². The maximum atomic E-state index is 14.4. The lowest BCUT2D eigenvalue weighted by atomic mass is 10.1. The zero-order valence-corrected chi connectivity index (χ0v) is 13.8. The van der Waals surface area contributed by atoms with Crippen LogP contribution in [-0.2, 0) is 4.79 Å². The first-order valence-corrected chi connectivity index (χ1v) is 8.22. The van der Waals surface area contributed by atoms with Crippen molar-refractivity contribution in [3.05, 3.63) is 34.5 Å². The summed E-state index contributed by atoms with van der Waals surface area (Å²) in [4.78, 5) is 27.4. The average Bonchev–Trinajstić information content (AvgIpc) is 3.07. The van der Waals surface area contributed by atoms with E-state index < -0.39 is 11.1 Å². The van der Waals surface area contributed by atoms with Gasteiger partial charge in [0, 0.05) is 24.7 Å². The Morgan fingerprint density at radius 2 is 2.17 bits per heavy atom. The number of rotatable bonds is 3. The third-order valence-electron chi connectivity index (χ3n) is 4.16. The molecule has 0 radical (unpaired) electrons. The van der Waals surface area contributed by atoms with Crippen molar-refractivity contribution < 1.29 is 14.0 Å². The van der Waals surface area contributed by atoms with Crippen molar-refractivity contribution in [2.75, 3.05) is 32.1 Å². The van der Waals surface area contributed by atoms with Gasteiger partial charge in [0.15, 0.2) is 0 Å². The number of imide groups is 1. The zero-order chi connectivity index (χ0) is 16.6. The molecule has 2 heterocycles. The number of anilines is 1. The van der Waals surface area contributed by atoms with E-state index in [1.165, 1.54) is 6.07 Å². The van der Waals surface area contributed by atoms with E-state index in [2.05, 4.69) is 10.2 Å². The maximum absolute atomic E-state index is 14.4. The third-order valence-corrected chi connectivity index (χ3v) is 4.97. The first kappa shape index (κ1) is 16.0. The molecule has 23 heavy (non-hydrogen) atoms. The van der Waals surface area contributed by atoms with Gasteiger partial charge < -0.3 is 9.80 Å². The number of likely N-dealkylation sites (N-methyl/N-ethyl adjacent to an activating group) is 1. The molecule has 2 fully saturated rings. The molecule has 0 aromatic heterocycles. The molecular weight excluding hydrogens is 317 g/mol. The number of nitrogens with one attached hydrogen (secondary N) is 1. The summed E-state index contributed by atoms with van der Waals surface area (Å²) in [7, 11) is 4.03. The van der Waals surface area contributed by atoms with E-state index in [-0.39, 0.29) is 5.82 Å². The van der Waals surface area contributed by atoms with E-state index in [0.29, 0.717) is 22.2 Å². The van der Waals surface area contributed by atoms with Crippen LogP contribution in [0.5, 0.6) is 0 Å². The fraction of sp³-hybridized carbons (Fsp3) is 0.375. The Balaban J connectivity index is 1.94. The van der Waals surface area contributed by atoms with Crippen molar-refractivity contribution in [3.63, 3.8) is 0 Å². The number of carbonyl (C=O) groups excluding carboxylic acids is 2. The maximum Gasteiger partial charge on any atom is 0.290 e. The summed E-state index contributed by atoms with van der Waals surface area (Å²) in [5.41, 5.74) is 1.12. The fourth-order valence-electron chi connectivity index (χ4n) is 2.91. The number of hydrogen-bond donors (Lipinski definition) is 1. The van der Waals surface area contributed by atoms with Crippen LogP contribution in [0.4, 0.5) is 14.9 Å². The Morgan fingerprint density at radius 1 is 1.39 bits per heavy atom. The van der Waals surface area contributed by atoms with Crippen molar-refractivity contribution in [1.29, 1.82) is 0 Å². The van der Waals surface area contributed by atoms with E-state index in [1.54, 1.807) is 18.2 Å². The lowest BCUT2D eigenvalue weighted by Gasteiger charge is -2.23. The minimum absolute atomic E-state index is 0.296. The summed E-state index contributed by atoms with van der Waals surface area (Å²) in [5.74, 6) is -0.740. The predicted octanol–water partition coefficient (Wildman–Crippen LogP) is 2.29. The molecule has 1 atom stereocenters. The smallest absolute Gasteiger partial charge is 0.290 e. The lowest BCUT2D eigenvalue weighted by molar-refractivity contribution is -0.115. The highest BCUT2D eigenvalue weighted by atomic mass is 32.2. The molecule has 0 aliphatic carbocycles. The van der Waals surface area contributed by atoms with Gasteiger partial charge in [-0.05, 0) is 44.4 Å². The molecule has 0 bridgehead atoms. The molecule has 1 aromatic carbocycles. The van der Waals surface area contributed by atoms with E-state index >= 15 is 0 Å². The molecule has 0 saturated carbocycles. The third kappa shape index (κ3) is 3.25. The van der Waals surface area contributed by atoms with E-state index in [4.69, 9.17) is 0 Å². The summed E-state index contributed by atoms with van der Waals surface area (Å²) in [6.07, 6.45) is 2.55. The number of benzene rings is 1. The molecule has 3 rings (SSSR count). The van der Waals surface area contributed by atoms with Gasteiger partial charge in [0.1, 0.15) is 5.82 Å². The Morgan fingerprint density at radius 3 is 2.78 bits per heavy atom. The Kier molecular flexibility index (Phi) is 4.41. The van der Waals surface area contributed by atoms with Crippen molar-refractivity contribution >= 4 is 34.7 Å². The molecule has 0 unspecified atom stereocenters. The predicted molar refractivity (Wildman–Crippen MR) is 89.8 cm³/mol. The molecule has 2 amide bonds. The van der Waals surface area contributed by atoms with Crippen LogP contribution in [0.25, 0.3) is 6.08 Å². The van der Waals surface area contributed by atoms with Gasteiger partial charge in [0.2, 0.25) is 0 Å². The Bertz CT molecular complexity index is 690. The summed E-state index contributed by atoms with van der Waals surface area (Å²) in [6, 6.07) is 5.18. The fourth-order valence-corrected chi connectivity index (χ4v) is 3.58. The molecule has 0 spiro atoms. The second-order valence-corrected chi connectivity index (χ2v) is 6.90. The first-order valence-electron chi connectivity index (χ1n) is 7.40. The summed E-state index contributed by atoms with van der Waals surface area (Å²) < 4.78 is 14.4. The van der Waals surface area contributed by atoms with Crippen molar-refractivity contribution in [3.8, 4) is 0 Å². The second-order valence-electron chi connectivity index (χ2n) is 5.88. The number of para-hydroxylation sites is 1. The SMILES string of the molecule is CN(C)[C@H]1CCN(c2c(F)cccc2/C=C2\SC(=O)NC2=O)C1. The van der Waals surface area contributed by atoms with Crippen LogP contribution in [0, 0.1) is 5.82 Å². The van der Waals surface area contributed by atoms with Gasteiger partial charge in [-0.1, -0.05) is 12.1 Å². The molecule has 122 valence electrons. The number of halogens is 1. The normalized spacial score (nSPS) is 23.2. The lowest BCUT2D eigenvalue weighted by Crippen LogP contribution is -2.32. The zero-order valence-electron chi connectivity index (χ0n) is 13.0. The van der Waals surface area contributed by atoms with Crippen LogP contribution in [0.2, 0.25) is 0 Å². The largest absolute Gasteiger partial charge is 0.367 e. The van der Waals surface area contributed by atoms with Crippen LogP contribution in [0.3, 0.4) is 0 Å². The molecule has 2 aliphatic rings. The highest BCUT2D eigenvalue weighted by Crippen LogP contribution is 2.33. The molecule has 5 nitrogen and oxygen atoms in total. The molecule has 1 N–H and O–H groups in total. The van der Waals surface area contributed by atoms with Crippen LogP contribution in [-0.4, -0.2) is 49.3 Å². The van der Waals surface area contributed by atoms with Crippen molar-refractivity contribution in [1.82, 2.24) is 10.2 Å². The van der Waals surface area contributed by atoms with E-state index in [9.17, 15) is 14.0 Å². The molecule has 2 aliphatic heterocycles. The van der Waals surface area contributed by atoms with Gasteiger partial charge in [-0.25, -0.2) is 4.39 Å². The summed E-state index contributed by atoms with van der Waals surface area (Å²) >= 11 is 0.843. The average molecular weight is 335 g/mol. The van der Waals surface area contributed by atoms with E-state index in [1.807, 2.05) is 19.0 Å². The topological polar surface area (TPSA) is 52.6 Å². The van der Waals surface area contributed by atoms with Crippen molar-refractivity contribution in [2.45, 2.75) is 12.5 Å². The van der Waals surface area contributed by atoms with Gasteiger partial charge >= 0.3 is 0 Å². The summed E-state index contributed by atoms with van der Waals surface area (Å²) in [5, 5.41) is 1.82. The Labute approximate surface area is 138 Å². The Hall–Kier alpha value is -1.86. The molecule has 7 heteroatoms. The highest BCUT2D eigenvalue weighted by molar-refractivity contribution is 8.18. The quantitative estimate of drug-likeness (QED) is 0.859. The van der Waals surface area contributed by atoms with Gasteiger partial charge in [-0.3, -0.25) is 14.9 Å². The molecule has 1 aromatic rings. The first-order chi connectivity index (χ1) is 11.0. The standard InChI is InChI=1S/C16H18FN3O2S/c1-19(2)11-6-7-20(9-11)14-10(4-3-5-12(14)17)8-13-15(21)18-16(22)23-13/h3-5,8,11H,6-7,9H2,1-2H3,(H,18,21,22)/b13-8-/t11-/m0/s1. The number of nitrogens with zero attached hydrogens (tertiary/aromatic N) is 2. The molecular formula is C16H18FN3O2S. The van der Waals surface area contributed by atoms with E-state index in [0.717, 1.165) is 31.3 Å². The number of carbonyl (C=O) groups is 2. The van der Waals surface area contributed by atoms with Crippen LogP contribution in [0.1, 0.15) is 12.0 Å². The highest BCUT2D eigenvalue weighted by Gasteiger charge is 2.29. The number of amides is 2. The van der Waals surface area contributed by atoms with Gasteiger partial charge in [0.25, 0.3) is 11.1 Å². The van der Waals surface area contributed by atoms with Crippen molar-refractivity contribution in [2.24, 2.45) is 0 Å². The van der Waals surface area contributed by atoms with Crippen LogP contribution >= 0.6 is 11.8 Å².